The maximum Gasteiger partial charge on any atom is 0.334 e. The summed E-state index contributed by atoms with van der Waals surface area (Å²) in [4.78, 5) is 16.8. The molecule has 0 saturated carbocycles. The Morgan fingerprint density at radius 1 is 1.03 bits per heavy atom. The number of methoxy groups -OCH3 is 3. The molecule has 0 bridgehead atoms. The van der Waals surface area contributed by atoms with Crippen LogP contribution in [-0.4, -0.2) is 38.9 Å². The first-order valence-corrected chi connectivity index (χ1v) is 10.0. The Morgan fingerprint density at radius 3 is 2.27 bits per heavy atom. The Balaban J connectivity index is 2.45. The molecule has 1 aromatic carbocycles. The Bertz CT molecular complexity index is 890. The number of carbonyl (C=O) groups excluding carboxylic acids is 1. The smallest absolute Gasteiger partial charge is 0.334 e. The molecule has 0 N–H and O–H groups in total. The summed E-state index contributed by atoms with van der Waals surface area (Å²) in [5, 5.41) is 0. The van der Waals surface area contributed by atoms with Crippen LogP contribution in [0.15, 0.2) is 30.1 Å². The minimum absolute atomic E-state index is 0.319. The molecule has 0 amide bonds. The Morgan fingerprint density at radius 2 is 1.70 bits per heavy atom. The molecule has 0 saturated heterocycles. The van der Waals surface area contributed by atoms with Gasteiger partial charge in [0.15, 0.2) is 11.5 Å². The molecule has 0 unspecified atom stereocenters. The lowest BCUT2D eigenvalue weighted by Crippen LogP contribution is -2.09. The first kappa shape index (κ1) is 23.3. The van der Waals surface area contributed by atoms with Gasteiger partial charge in [0.25, 0.3) is 0 Å². The van der Waals surface area contributed by atoms with E-state index < -0.39 is 0 Å². The molecule has 6 heteroatoms. The number of carbonyl (C=O) groups is 1. The predicted molar refractivity (Wildman–Crippen MR) is 117 cm³/mol. The van der Waals surface area contributed by atoms with Crippen molar-refractivity contribution in [3.05, 3.63) is 52.4 Å². The topological polar surface area (TPSA) is 66.9 Å². The number of aromatic nitrogens is 1. The average Bonchev–Trinajstić information content (AvgIpc) is 2.75. The van der Waals surface area contributed by atoms with E-state index in [-0.39, 0.29) is 5.97 Å². The van der Waals surface area contributed by atoms with Crippen molar-refractivity contribution in [2.24, 2.45) is 0 Å². The van der Waals surface area contributed by atoms with Gasteiger partial charge in [-0.25, -0.2) is 4.79 Å². The van der Waals surface area contributed by atoms with Crippen molar-refractivity contribution < 1.29 is 23.7 Å². The summed E-state index contributed by atoms with van der Waals surface area (Å²) < 4.78 is 22.1. The van der Waals surface area contributed by atoms with E-state index in [1.54, 1.807) is 34.4 Å². The van der Waals surface area contributed by atoms with Crippen molar-refractivity contribution in [1.82, 2.24) is 4.98 Å². The molecule has 0 atom stereocenters. The molecule has 1 heterocycles. The summed E-state index contributed by atoms with van der Waals surface area (Å²) >= 11 is 0. The summed E-state index contributed by atoms with van der Waals surface area (Å²) in [6.45, 7) is 5.95. The van der Waals surface area contributed by atoms with E-state index in [2.05, 4.69) is 4.98 Å². The summed E-state index contributed by atoms with van der Waals surface area (Å²) in [5.74, 6) is 1.58. The van der Waals surface area contributed by atoms with Gasteiger partial charge >= 0.3 is 5.97 Å². The number of nitrogens with zero attached hydrogens (tertiary/aromatic N) is 1. The highest BCUT2D eigenvalue weighted by Gasteiger charge is 2.22. The van der Waals surface area contributed by atoms with Crippen molar-refractivity contribution >= 4 is 12.0 Å². The van der Waals surface area contributed by atoms with Gasteiger partial charge < -0.3 is 18.9 Å². The molecule has 162 valence electrons. The zero-order valence-electron chi connectivity index (χ0n) is 18.7. The van der Waals surface area contributed by atoms with Gasteiger partial charge in [0, 0.05) is 34.7 Å². The van der Waals surface area contributed by atoms with Crippen LogP contribution in [0, 0.1) is 13.8 Å². The predicted octanol–water partition coefficient (Wildman–Crippen LogP) is 4.69. The fourth-order valence-electron chi connectivity index (χ4n) is 3.53. The molecule has 0 aliphatic heterocycles. The minimum atomic E-state index is -0.322. The number of hydrogen-bond acceptors (Lipinski definition) is 6. The third-order valence-electron chi connectivity index (χ3n) is 4.98. The van der Waals surface area contributed by atoms with Crippen molar-refractivity contribution in [2.45, 2.75) is 40.0 Å². The van der Waals surface area contributed by atoms with E-state index in [4.69, 9.17) is 18.9 Å². The molecule has 6 nitrogen and oxygen atoms in total. The van der Waals surface area contributed by atoms with Crippen LogP contribution < -0.4 is 14.2 Å². The first-order valence-electron chi connectivity index (χ1n) is 10.0. The van der Waals surface area contributed by atoms with Crippen molar-refractivity contribution in [3.8, 4) is 17.2 Å². The number of rotatable bonds is 10. The zero-order valence-corrected chi connectivity index (χ0v) is 18.7. The Hall–Kier alpha value is -3.02. The number of ether oxygens (including phenoxy) is 4. The lowest BCUT2D eigenvalue weighted by Gasteiger charge is -2.20. The third kappa shape index (κ3) is 5.32. The van der Waals surface area contributed by atoms with E-state index >= 15 is 0 Å². The molecule has 0 fully saturated rings. The van der Waals surface area contributed by atoms with E-state index in [0.717, 1.165) is 35.1 Å². The molecule has 1 aromatic heterocycles. The van der Waals surface area contributed by atoms with Gasteiger partial charge in [0.2, 0.25) is 0 Å². The second-order valence-corrected chi connectivity index (χ2v) is 6.87. The Labute approximate surface area is 178 Å². The minimum Gasteiger partial charge on any atom is -0.496 e. The third-order valence-corrected chi connectivity index (χ3v) is 4.98. The quantitative estimate of drug-likeness (QED) is 0.416. The first-order chi connectivity index (χ1) is 14.5. The molecule has 0 aliphatic carbocycles. The summed E-state index contributed by atoms with van der Waals surface area (Å²) in [7, 11) is 4.81. The van der Waals surface area contributed by atoms with E-state index in [1.165, 1.54) is 0 Å². The number of hydrogen-bond donors (Lipinski definition) is 0. The van der Waals surface area contributed by atoms with Crippen LogP contribution in [0.2, 0.25) is 0 Å². The maximum atomic E-state index is 12.7. The highest BCUT2D eigenvalue weighted by Crippen LogP contribution is 2.44. The van der Waals surface area contributed by atoms with Gasteiger partial charge in [-0.05, 0) is 57.7 Å². The molecule has 2 rings (SSSR count). The number of pyridine rings is 1. The van der Waals surface area contributed by atoms with Crippen molar-refractivity contribution in [1.29, 1.82) is 0 Å². The monoisotopic (exact) mass is 413 g/mol. The summed E-state index contributed by atoms with van der Waals surface area (Å²) in [6, 6.07) is 3.95. The van der Waals surface area contributed by atoms with E-state index in [0.29, 0.717) is 35.8 Å². The molecule has 30 heavy (non-hydrogen) atoms. The van der Waals surface area contributed by atoms with Gasteiger partial charge in [-0.3, -0.25) is 4.98 Å². The van der Waals surface area contributed by atoms with Crippen molar-refractivity contribution in [2.75, 3.05) is 27.9 Å². The summed E-state index contributed by atoms with van der Waals surface area (Å²) in [6.07, 6.45) is 7.64. The summed E-state index contributed by atoms with van der Waals surface area (Å²) in [5.41, 5.74) is 4.17. The van der Waals surface area contributed by atoms with Crippen LogP contribution in [0.5, 0.6) is 17.2 Å². The van der Waals surface area contributed by atoms with Crippen LogP contribution >= 0.6 is 0 Å². The van der Waals surface area contributed by atoms with Crippen LogP contribution in [0.25, 0.3) is 6.08 Å². The van der Waals surface area contributed by atoms with Gasteiger partial charge in [-0.2, -0.15) is 0 Å². The highest BCUT2D eigenvalue weighted by molar-refractivity contribution is 5.95. The van der Waals surface area contributed by atoms with Gasteiger partial charge in [0.1, 0.15) is 5.75 Å². The van der Waals surface area contributed by atoms with Gasteiger partial charge in [-0.1, -0.05) is 6.07 Å². The van der Waals surface area contributed by atoms with E-state index in [1.807, 2.05) is 38.3 Å². The fourth-order valence-corrected chi connectivity index (χ4v) is 3.53. The van der Waals surface area contributed by atoms with Crippen LogP contribution in [-0.2, 0) is 16.0 Å². The standard InChI is InChI=1S/C24H31NO5/c1-7-30-24(26)19(12-8-10-18-11-9-13-25-15-18)14-20-16(2)22(28-5)23(29-6)17(3)21(20)27-4/h9,11,13-15H,7-8,10,12H2,1-6H3/b19-14+. The number of esters is 1. The number of benzene rings is 1. The largest absolute Gasteiger partial charge is 0.496 e. The maximum absolute atomic E-state index is 12.7. The fraction of sp³-hybridized carbons (Fsp3) is 0.417. The lowest BCUT2D eigenvalue weighted by atomic mass is 9.96. The second-order valence-electron chi connectivity index (χ2n) is 6.87. The average molecular weight is 414 g/mol. The zero-order chi connectivity index (χ0) is 22.1. The van der Waals surface area contributed by atoms with Crippen LogP contribution in [0.4, 0.5) is 0 Å². The van der Waals surface area contributed by atoms with Gasteiger partial charge in [-0.15, -0.1) is 0 Å². The SMILES string of the molecule is CCOC(=O)/C(=C/c1c(C)c(OC)c(OC)c(C)c1OC)CCCc1cccnc1. The lowest BCUT2D eigenvalue weighted by molar-refractivity contribution is -0.138. The molecule has 0 radical (unpaired) electrons. The van der Waals surface area contributed by atoms with Gasteiger partial charge in [0.05, 0.1) is 27.9 Å². The van der Waals surface area contributed by atoms with E-state index in [9.17, 15) is 4.79 Å². The molecule has 0 spiro atoms. The Kier molecular flexibility index (Phi) is 8.71. The number of aryl methyl sites for hydroxylation is 1. The highest BCUT2D eigenvalue weighted by atomic mass is 16.5. The van der Waals surface area contributed by atoms with Crippen LogP contribution in [0.1, 0.15) is 42.0 Å². The molecule has 2 aromatic rings. The van der Waals surface area contributed by atoms with Crippen LogP contribution in [0.3, 0.4) is 0 Å². The molecular formula is C24H31NO5. The molecular weight excluding hydrogens is 382 g/mol. The molecule has 0 aliphatic rings. The second kappa shape index (κ2) is 11.2. The van der Waals surface area contributed by atoms with Crippen molar-refractivity contribution in [3.63, 3.8) is 0 Å². The normalized spacial score (nSPS) is 11.2.